The minimum atomic E-state index is 0.628. The van der Waals surface area contributed by atoms with Crippen molar-refractivity contribution in [3.05, 3.63) is 218 Å². The van der Waals surface area contributed by atoms with Crippen LogP contribution in [0.1, 0.15) is 0 Å². The summed E-state index contributed by atoms with van der Waals surface area (Å²) in [5.74, 6) is 1.91. The van der Waals surface area contributed by atoms with Gasteiger partial charge in [-0.05, 0) is 81.9 Å². The third-order valence-electron chi connectivity index (χ3n) is 11.9. The highest BCUT2D eigenvalue weighted by atomic mass is 16.3. The largest absolute Gasteiger partial charge is 0.456 e. The molecule has 0 saturated heterocycles. The zero-order valence-electron chi connectivity index (χ0n) is 33.5. The molecule has 0 aliphatic heterocycles. The molecule has 0 aliphatic carbocycles. The minimum absolute atomic E-state index is 0.628. The fourth-order valence-corrected chi connectivity index (χ4v) is 8.94. The highest BCUT2D eigenvalue weighted by molar-refractivity contribution is 6.15. The number of hydrogen-bond acceptors (Lipinski definition) is 4. The second kappa shape index (κ2) is 14.7. The SMILES string of the molecule is c1ccc(-c2nc(-c3ccccc3)nc(-c3ccc(-c4ccc5c(c4)oc4cccc(-c6ccccc6-c6ccc7c(c6)c6ccccc6n7-c6ccccc6)c45)cc3)n2)cc1. The van der Waals surface area contributed by atoms with Crippen molar-refractivity contribution in [1.29, 1.82) is 0 Å². The summed E-state index contributed by atoms with van der Waals surface area (Å²) in [5, 5.41) is 4.65. The molecule has 9 aromatic carbocycles. The molecule has 0 radical (unpaired) electrons. The molecule has 3 aromatic heterocycles. The molecule has 5 heteroatoms. The van der Waals surface area contributed by atoms with E-state index >= 15 is 0 Å². The van der Waals surface area contributed by atoms with Gasteiger partial charge in [-0.25, -0.2) is 15.0 Å². The van der Waals surface area contributed by atoms with E-state index < -0.39 is 0 Å². The van der Waals surface area contributed by atoms with Gasteiger partial charge in [-0.1, -0.05) is 170 Å². The molecular formula is C57H36N4O. The van der Waals surface area contributed by atoms with Crippen LogP contribution in [0.4, 0.5) is 0 Å². The van der Waals surface area contributed by atoms with Gasteiger partial charge in [0.05, 0.1) is 11.0 Å². The second-order valence-corrected chi connectivity index (χ2v) is 15.6. The summed E-state index contributed by atoms with van der Waals surface area (Å²) < 4.78 is 9.01. The summed E-state index contributed by atoms with van der Waals surface area (Å²) >= 11 is 0. The van der Waals surface area contributed by atoms with Crippen molar-refractivity contribution in [2.45, 2.75) is 0 Å². The lowest BCUT2D eigenvalue weighted by Gasteiger charge is -2.12. The average Bonchev–Trinajstić information content (AvgIpc) is 3.90. The molecule has 290 valence electrons. The van der Waals surface area contributed by atoms with E-state index in [9.17, 15) is 0 Å². The Bertz CT molecular complexity index is 3550. The maximum Gasteiger partial charge on any atom is 0.164 e. The lowest BCUT2D eigenvalue weighted by Crippen LogP contribution is -2.00. The number of furan rings is 1. The zero-order chi connectivity index (χ0) is 41.0. The van der Waals surface area contributed by atoms with Crippen LogP contribution in [0, 0.1) is 0 Å². The van der Waals surface area contributed by atoms with E-state index in [1.807, 2.05) is 60.7 Å². The summed E-state index contributed by atoms with van der Waals surface area (Å²) in [6.45, 7) is 0. The van der Waals surface area contributed by atoms with E-state index in [4.69, 9.17) is 19.4 Å². The molecular weight excluding hydrogens is 757 g/mol. The predicted molar refractivity (Wildman–Crippen MR) is 254 cm³/mol. The average molecular weight is 793 g/mol. The normalized spacial score (nSPS) is 11.5. The van der Waals surface area contributed by atoms with Crippen LogP contribution in [-0.4, -0.2) is 19.5 Å². The number of hydrogen-bond donors (Lipinski definition) is 0. The number of rotatable bonds is 7. The maximum absolute atomic E-state index is 6.65. The first kappa shape index (κ1) is 35.5. The van der Waals surface area contributed by atoms with Crippen molar-refractivity contribution in [3.63, 3.8) is 0 Å². The number of benzene rings is 9. The third kappa shape index (κ3) is 6.06. The quantitative estimate of drug-likeness (QED) is 0.161. The lowest BCUT2D eigenvalue weighted by molar-refractivity contribution is 0.669. The Hall–Kier alpha value is -8.41. The van der Waals surface area contributed by atoms with Crippen LogP contribution in [0.25, 0.3) is 117 Å². The van der Waals surface area contributed by atoms with Crippen molar-refractivity contribution in [3.8, 4) is 73.2 Å². The van der Waals surface area contributed by atoms with Gasteiger partial charge >= 0.3 is 0 Å². The van der Waals surface area contributed by atoms with E-state index in [0.717, 1.165) is 66.6 Å². The highest BCUT2D eigenvalue weighted by Crippen LogP contribution is 2.43. The standard InChI is InChI=1S/C57H36N4O/c1-4-15-38(16-5-1)55-58-56(39-17-6-2-7-18-39)60-57(59-55)40-29-27-37(28-30-40)41-31-33-48-53(36-41)62-52-26-14-24-47(54(48)52)45-22-11-10-21-44(45)42-32-34-51-49(35-42)46-23-12-13-25-50(46)61(51)43-19-8-3-9-20-43/h1-36H. The van der Waals surface area contributed by atoms with Gasteiger partial charge in [0.2, 0.25) is 0 Å². The van der Waals surface area contributed by atoms with Gasteiger partial charge in [-0.15, -0.1) is 0 Å². The van der Waals surface area contributed by atoms with Gasteiger partial charge in [-0.2, -0.15) is 0 Å². The molecule has 0 saturated carbocycles. The Morgan fingerprint density at radius 2 is 0.839 bits per heavy atom. The highest BCUT2D eigenvalue weighted by Gasteiger charge is 2.19. The van der Waals surface area contributed by atoms with Crippen molar-refractivity contribution >= 4 is 43.7 Å². The van der Waals surface area contributed by atoms with Gasteiger partial charge in [0.1, 0.15) is 11.2 Å². The molecule has 12 aromatic rings. The van der Waals surface area contributed by atoms with Crippen molar-refractivity contribution in [2.75, 3.05) is 0 Å². The molecule has 12 rings (SSSR count). The van der Waals surface area contributed by atoms with Gasteiger partial charge in [0.15, 0.2) is 17.5 Å². The maximum atomic E-state index is 6.65. The molecule has 0 unspecified atom stereocenters. The Morgan fingerprint density at radius 1 is 0.306 bits per heavy atom. The fraction of sp³-hybridized carbons (Fsp3) is 0. The van der Waals surface area contributed by atoms with Crippen molar-refractivity contribution in [2.24, 2.45) is 0 Å². The molecule has 0 atom stereocenters. The van der Waals surface area contributed by atoms with Crippen LogP contribution >= 0.6 is 0 Å². The van der Waals surface area contributed by atoms with Gasteiger partial charge < -0.3 is 8.98 Å². The summed E-state index contributed by atoms with van der Waals surface area (Å²) in [4.78, 5) is 14.7. The van der Waals surface area contributed by atoms with Crippen LogP contribution in [-0.2, 0) is 0 Å². The lowest BCUT2D eigenvalue weighted by atomic mass is 9.91. The number of nitrogens with zero attached hydrogens (tertiary/aromatic N) is 4. The summed E-state index contributed by atoms with van der Waals surface area (Å²) in [6.07, 6.45) is 0. The van der Waals surface area contributed by atoms with E-state index in [0.29, 0.717) is 17.5 Å². The fourth-order valence-electron chi connectivity index (χ4n) is 8.94. The molecule has 3 heterocycles. The van der Waals surface area contributed by atoms with Crippen LogP contribution in [0.5, 0.6) is 0 Å². The monoisotopic (exact) mass is 792 g/mol. The van der Waals surface area contributed by atoms with Crippen molar-refractivity contribution < 1.29 is 4.42 Å². The smallest absolute Gasteiger partial charge is 0.164 e. The molecule has 5 nitrogen and oxygen atoms in total. The molecule has 0 amide bonds. The first-order valence-electron chi connectivity index (χ1n) is 20.8. The van der Waals surface area contributed by atoms with Gasteiger partial charge in [0, 0.05) is 43.9 Å². The predicted octanol–water partition coefficient (Wildman–Crippen LogP) is 14.9. The van der Waals surface area contributed by atoms with Crippen LogP contribution < -0.4 is 0 Å². The Labute approximate surface area is 357 Å². The van der Waals surface area contributed by atoms with E-state index in [1.165, 1.54) is 32.9 Å². The molecule has 0 bridgehead atoms. The third-order valence-corrected chi connectivity index (χ3v) is 11.9. The minimum Gasteiger partial charge on any atom is -0.456 e. The number of para-hydroxylation sites is 2. The Balaban J connectivity index is 0.915. The summed E-state index contributed by atoms with van der Waals surface area (Å²) in [6, 6.07) is 76.4. The first-order chi connectivity index (χ1) is 30.7. The van der Waals surface area contributed by atoms with Crippen LogP contribution in [0.15, 0.2) is 223 Å². The molecule has 62 heavy (non-hydrogen) atoms. The van der Waals surface area contributed by atoms with E-state index in [1.54, 1.807) is 0 Å². The van der Waals surface area contributed by atoms with Crippen LogP contribution in [0.2, 0.25) is 0 Å². The van der Waals surface area contributed by atoms with Crippen LogP contribution in [0.3, 0.4) is 0 Å². The Morgan fingerprint density at radius 3 is 1.55 bits per heavy atom. The molecule has 0 N–H and O–H groups in total. The van der Waals surface area contributed by atoms with Gasteiger partial charge in [-0.3, -0.25) is 0 Å². The van der Waals surface area contributed by atoms with E-state index in [2.05, 4.69) is 162 Å². The topological polar surface area (TPSA) is 56.7 Å². The van der Waals surface area contributed by atoms with Crippen molar-refractivity contribution in [1.82, 2.24) is 19.5 Å². The number of fused-ring (bicyclic) bond motifs is 6. The molecule has 0 fully saturated rings. The zero-order valence-corrected chi connectivity index (χ0v) is 33.5. The molecule has 0 aliphatic rings. The summed E-state index contributed by atoms with van der Waals surface area (Å²) in [5.41, 5.74) is 14.8. The van der Waals surface area contributed by atoms with Gasteiger partial charge in [0.25, 0.3) is 0 Å². The van der Waals surface area contributed by atoms with E-state index in [-0.39, 0.29) is 0 Å². The first-order valence-corrected chi connectivity index (χ1v) is 20.8. The summed E-state index contributed by atoms with van der Waals surface area (Å²) in [7, 11) is 0. The Kier molecular flexibility index (Phi) is 8.42. The number of aromatic nitrogens is 4. The molecule has 0 spiro atoms. The second-order valence-electron chi connectivity index (χ2n) is 15.6.